The molecule has 0 unspecified atom stereocenters. The number of imidazole rings is 1. The van der Waals surface area contributed by atoms with Crippen LogP contribution in [0, 0.1) is 0 Å². The third-order valence-electron chi connectivity index (χ3n) is 4.20. The topological polar surface area (TPSA) is 53.4 Å². The van der Waals surface area contributed by atoms with Crippen molar-refractivity contribution < 1.29 is 4.79 Å². The van der Waals surface area contributed by atoms with Crippen LogP contribution in [-0.4, -0.2) is 71.1 Å². The van der Waals surface area contributed by atoms with Crippen molar-refractivity contribution in [2.75, 3.05) is 45.8 Å². The van der Waals surface area contributed by atoms with Crippen LogP contribution in [0.15, 0.2) is 25.0 Å². The average molecular weight is 319 g/mol. The van der Waals surface area contributed by atoms with Gasteiger partial charge in [-0.1, -0.05) is 19.9 Å². The number of amides is 1. The van der Waals surface area contributed by atoms with Gasteiger partial charge in [-0.2, -0.15) is 0 Å². The number of carbonyl (C=O) groups excluding carboxylic acids is 1. The van der Waals surface area contributed by atoms with Crippen LogP contribution in [0.3, 0.4) is 0 Å². The fourth-order valence-electron chi connectivity index (χ4n) is 2.88. The first-order chi connectivity index (χ1) is 11.1. The highest BCUT2D eigenvalue weighted by Gasteiger charge is 2.18. The molecule has 6 heteroatoms. The molecule has 0 spiro atoms. The van der Waals surface area contributed by atoms with Crippen molar-refractivity contribution in [3.63, 3.8) is 0 Å². The molecule has 1 aromatic heterocycles. The molecule has 0 saturated carbocycles. The minimum atomic E-state index is 0.0818. The van der Waals surface area contributed by atoms with E-state index in [4.69, 9.17) is 0 Å². The minimum Gasteiger partial charge on any atom is -0.352 e. The lowest BCUT2D eigenvalue weighted by atomic mass is 10.2. The molecule has 23 heavy (non-hydrogen) atoms. The average Bonchev–Trinajstić information content (AvgIpc) is 3.01. The van der Waals surface area contributed by atoms with E-state index >= 15 is 0 Å². The van der Waals surface area contributed by atoms with Gasteiger partial charge in [0.1, 0.15) is 5.82 Å². The third-order valence-corrected chi connectivity index (χ3v) is 4.20. The van der Waals surface area contributed by atoms with E-state index in [-0.39, 0.29) is 5.91 Å². The lowest BCUT2D eigenvalue weighted by Gasteiger charge is -2.34. The maximum atomic E-state index is 11.7. The zero-order chi connectivity index (χ0) is 16.7. The van der Waals surface area contributed by atoms with Gasteiger partial charge in [0.2, 0.25) is 5.91 Å². The zero-order valence-electron chi connectivity index (χ0n) is 14.4. The van der Waals surface area contributed by atoms with Crippen LogP contribution in [0.2, 0.25) is 0 Å². The Hall–Kier alpha value is -1.66. The Bertz CT molecular complexity index is 503. The van der Waals surface area contributed by atoms with Crippen LogP contribution in [0.25, 0.3) is 0 Å². The summed E-state index contributed by atoms with van der Waals surface area (Å²) in [6.45, 7) is 14.9. The molecule has 6 nitrogen and oxygen atoms in total. The second kappa shape index (κ2) is 8.84. The smallest absolute Gasteiger partial charge is 0.234 e. The number of carbonyl (C=O) groups is 1. The number of rotatable bonds is 8. The van der Waals surface area contributed by atoms with Crippen molar-refractivity contribution in [2.24, 2.45) is 0 Å². The molecule has 1 aromatic rings. The fourth-order valence-corrected chi connectivity index (χ4v) is 2.88. The normalized spacial score (nSPS) is 16.7. The quantitative estimate of drug-likeness (QED) is 0.724. The Balaban J connectivity index is 1.69. The van der Waals surface area contributed by atoms with E-state index in [9.17, 15) is 4.79 Å². The molecule has 1 fully saturated rings. The zero-order valence-corrected chi connectivity index (χ0v) is 14.4. The highest BCUT2D eigenvalue weighted by Crippen LogP contribution is 2.12. The Morgan fingerprint density at radius 2 is 2.00 bits per heavy atom. The van der Waals surface area contributed by atoms with Crippen molar-refractivity contribution in [1.82, 2.24) is 24.7 Å². The summed E-state index contributed by atoms with van der Waals surface area (Å²) in [5.41, 5.74) is 0. The number of piperazine rings is 1. The predicted octanol–water partition coefficient (Wildman–Crippen LogP) is 0.926. The molecule has 2 heterocycles. The van der Waals surface area contributed by atoms with E-state index in [1.807, 2.05) is 6.20 Å². The lowest BCUT2D eigenvalue weighted by molar-refractivity contribution is -0.122. The van der Waals surface area contributed by atoms with Gasteiger partial charge < -0.3 is 9.88 Å². The maximum absolute atomic E-state index is 11.7. The number of nitrogens with zero attached hydrogens (tertiary/aromatic N) is 4. The summed E-state index contributed by atoms with van der Waals surface area (Å²) in [4.78, 5) is 20.8. The second-order valence-electron chi connectivity index (χ2n) is 6.34. The monoisotopic (exact) mass is 319 g/mol. The Morgan fingerprint density at radius 1 is 1.30 bits per heavy atom. The fraction of sp³-hybridized carbons (Fsp3) is 0.647. The number of hydrogen-bond acceptors (Lipinski definition) is 4. The van der Waals surface area contributed by atoms with Gasteiger partial charge >= 0.3 is 0 Å². The molecule has 1 aliphatic rings. The van der Waals surface area contributed by atoms with Crippen molar-refractivity contribution in [3.05, 3.63) is 30.9 Å². The first kappa shape index (κ1) is 17.7. The maximum Gasteiger partial charge on any atom is 0.234 e. The van der Waals surface area contributed by atoms with E-state index < -0.39 is 0 Å². The van der Waals surface area contributed by atoms with Crippen molar-refractivity contribution >= 4 is 5.91 Å². The lowest BCUT2D eigenvalue weighted by Crippen LogP contribution is -2.50. The summed E-state index contributed by atoms with van der Waals surface area (Å²) < 4.78 is 2.25. The van der Waals surface area contributed by atoms with Crippen LogP contribution in [-0.2, 0) is 11.3 Å². The van der Waals surface area contributed by atoms with Gasteiger partial charge in [-0.05, 0) is 0 Å². The number of hydrogen-bond donors (Lipinski definition) is 1. The first-order valence-electron chi connectivity index (χ1n) is 8.43. The van der Waals surface area contributed by atoms with Crippen molar-refractivity contribution in [1.29, 1.82) is 0 Å². The Morgan fingerprint density at radius 3 is 2.65 bits per heavy atom. The molecule has 0 atom stereocenters. The molecular weight excluding hydrogens is 290 g/mol. The van der Waals surface area contributed by atoms with Gasteiger partial charge in [0, 0.05) is 64.1 Å². The van der Waals surface area contributed by atoms with E-state index in [0.717, 1.165) is 45.1 Å². The van der Waals surface area contributed by atoms with E-state index in [1.54, 1.807) is 6.08 Å². The summed E-state index contributed by atoms with van der Waals surface area (Å²) in [6.07, 6.45) is 5.65. The molecule has 0 aliphatic carbocycles. The third kappa shape index (κ3) is 5.48. The number of nitrogens with one attached hydrogen (secondary N) is 1. The van der Waals surface area contributed by atoms with Gasteiger partial charge in [0.15, 0.2) is 0 Å². The summed E-state index contributed by atoms with van der Waals surface area (Å²) in [5, 5.41) is 2.83. The van der Waals surface area contributed by atoms with Gasteiger partial charge in [0.25, 0.3) is 0 Å². The summed E-state index contributed by atoms with van der Waals surface area (Å²) >= 11 is 0. The van der Waals surface area contributed by atoms with Gasteiger partial charge in [-0.25, -0.2) is 4.98 Å². The van der Waals surface area contributed by atoms with E-state index in [1.165, 1.54) is 0 Å². The van der Waals surface area contributed by atoms with E-state index in [2.05, 4.69) is 51.3 Å². The summed E-state index contributed by atoms with van der Waals surface area (Å²) in [6, 6.07) is 0. The predicted molar refractivity (Wildman–Crippen MR) is 92.4 cm³/mol. The SMILES string of the molecule is C=CCNC(=O)CN1CCN(CCn2ccnc2C(C)C)CC1. The van der Waals surface area contributed by atoms with Gasteiger partial charge in [-0.3, -0.25) is 14.6 Å². The molecule has 0 radical (unpaired) electrons. The van der Waals surface area contributed by atoms with Crippen LogP contribution in [0.4, 0.5) is 0 Å². The minimum absolute atomic E-state index is 0.0818. The highest BCUT2D eigenvalue weighted by molar-refractivity contribution is 5.78. The van der Waals surface area contributed by atoms with E-state index in [0.29, 0.717) is 19.0 Å². The van der Waals surface area contributed by atoms with Crippen LogP contribution in [0.5, 0.6) is 0 Å². The van der Waals surface area contributed by atoms with Crippen LogP contribution >= 0.6 is 0 Å². The molecule has 2 rings (SSSR count). The van der Waals surface area contributed by atoms with Crippen LogP contribution in [0.1, 0.15) is 25.6 Å². The second-order valence-corrected chi connectivity index (χ2v) is 6.34. The standard InChI is InChI=1S/C17H29N5O/c1-4-5-18-16(23)14-21-10-8-20(9-11-21)12-13-22-7-6-19-17(22)15(2)3/h4,6-7,15H,1,5,8-14H2,2-3H3,(H,18,23). The van der Waals surface area contributed by atoms with Crippen molar-refractivity contribution in [3.8, 4) is 0 Å². The molecule has 1 saturated heterocycles. The first-order valence-corrected chi connectivity index (χ1v) is 8.43. The van der Waals surface area contributed by atoms with Crippen LogP contribution < -0.4 is 5.32 Å². The summed E-state index contributed by atoms with van der Waals surface area (Å²) in [5.74, 6) is 1.69. The van der Waals surface area contributed by atoms with Gasteiger partial charge in [0.05, 0.1) is 6.54 Å². The molecule has 1 N–H and O–H groups in total. The van der Waals surface area contributed by atoms with Crippen molar-refractivity contribution in [2.45, 2.75) is 26.3 Å². The summed E-state index contributed by atoms with van der Waals surface area (Å²) in [7, 11) is 0. The largest absolute Gasteiger partial charge is 0.352 e. The molecule has 1 aliphatic heterocycles. The molecule has 128 valence electrons. The molecule has 0 aromatic carbocycles. The molecule has 1 amide bonds. The molecular formula is C17H29N5O. The number of aromatic nitrogens is 2. The molecule has 0 bridgehead atoms. The Kier molecular flexibility index (Phi) is 6.80. The highest BCUT2D eigenvalue weighted by atomic mass is 16.2. The van der Waals surface area contributed by atoms with Gasteiger partial charge in [-0.15, -0.1) is 6.58 Å². The Labute approximate surface area is 139 Å².